The SMILES string of the molecule is C[C@H]1Oc2cc(cnc2N)-c2c(cnn2CC2CC2)Cn2ncnc2-c2ccc(F)cc21. The van der Waals surface area contributed by atoms with Crippen molar-refractivity contribution in [2.75, 3.05) is 5.73 Å². The Balaban J connectivity index is 1.58. The van der Waals surface area contributed by atoms with Crippen LogP contribution in [0.3, 0.4) is 0 Å². The second-order valence-electron chi connectivity index (χ2n) is 8.48. The monoisotopic (exact) mass is 431 g/mol. The number of pyridine rings is 1. The maximum atomic E-state index is 14.2. The minimum Gasteiger partial charge on any atom is -0.482 e. The summed E-state index contributed by atoms with van der Waals surface area (Å²) < 4.78 is 24.3. The highest BCUT2D eigenvalue weighted by Gasteiger charge is 2.27. The number of ether oxygens (including phenoxy) is 1. The molecule has 0 unspecified atom stereocenters. The van der Waals surface area contributed by atoms with Crippen LogP contribution in [0.5, 0.6) is 5.75 Å². The average Bonchev–Trinajstić information content (AvgIpc) is 3.33. The molecule has 0 amide bonds. The molecule has 2 N–H and O–H groups in total. The van der Waals surface area contributed by atoms with Gasteiger partial charge in [-0.05, 0) is 49.9 Å². The van der Waals surface area contributed by atoms with E-state index < -0.39 is 6.10 Å². The van der Waals surface area contributed by atoms with E-state index >= 15 is 0 Å². The van der Waals surface area contributed by atoms with Crippen LogP contribution in [0.2, 0.25) is 0 Å². The molecule has 1 aromatic carbocycles. The van der Waals surface area contributed by atoms with E-state index in [4.69, 9.17) is 10.5 Å². The number of hydrogen-bond acceptors (Lipinski definition) is 6. The molecule has 6 rings (SSSR count). The third-order valence-corrected chi connectivity index (χ3v) is 6.13. The van der Waals surface area contributed by atoms with Crippen LogP contribution in [0.1, 0.15) is 37.0 Å². The van der Waals surface area contributed by atoms with Gasteiger partial charge in [-0.1, -0.05) is 0 Å². The number of hydrogen-bond donors (Lipinski definition) is 1. The number of nitrogen functional groups attached to an aromatic ring is 1. The standard InChI is InChI=1S/C23H22FN7O/c1-13-19-7-17(24)4-5-18(19)23-27-12-29-31(23)11-16-9-28-30(10-14-2-3-14)21(16)15-6-20(32-13)22(25)26-8-15/h4-9,12-14H,2-3,10-11H2,1H3,(H2,25,26)/t13-/m1/s1. The highest BCUT2D eigenvalue weighted by molar-refractivity contribution is 5.68. The van der Waals surface area contributed by atoms with Crippen molar-refractivity contribution in [3.8, 4) is 28.4 Å². The van der Waals surface area contributed by atoms with Gasteiger partial charge < -0.3 is 10.5 Å². The van der Waals surface area contributed by atoms with Crippen molar-refractivity contribution in [1.82, 2.24) is 29.5 Å². The van der Waals surface area contributed by atoms with Crippen LogP contribution in [-0.4, -0.2) is 29.5 Å². The molecule has 0 spiro atoms. The lowest BCUT2D eigenvalue weighted by Crippen LogP contribution is -2.12. The normalized spacial score (nSPS) is 17.4. The Morgan fingerprint density at radius 3 is 2.88 bits per heavy atom. The fourth-order valence-electron chi connectivity index (χ4n) is 4.31. The zero-order chi connectivity index (χ0) is 21.8. The molecule has 8 nitrogen and oxygen atoms in total. The van der Waals surface area contributed by atoms with Crippen molar-refractivity contribution >= 4 is 5.82 Å². The molecule has 1 aliphatic carbocycles. The average molecular weight is 431 g/mol. The molecule has 32 heavy (non-hydrogen) atoms. The van der Waals surface area contributed by atoms with Gasteiger partial charge in [0.25, 0.3) is 0 Å². The molecule has 0 saturated heterocycles. The smallest absolute Gasteiger partial charge is 0.166 e. The third kappa shape index (κ3) is 3.21. The van der Waals surface area contributed by atoms with Gasteiger partial charge >= 0.3 is 0 Å². The van der Waals surface area contributed by atoms with Crippen molar-refractivity contribution in [1.29, 1.82) is 0 Å². The Bertz CT molecular complexity index is 1320. The fourth-order valence-corrected chi connectivity index (χ4v) is 4.31. The minimum absolute atomic E-state index is 0.286. The number of nitrogens with two attached hydrogens (primary N) is 1. The van der Waals surface area contributed by atoms with Gasteiger partial charge in [0.05, 0.1) is 18.4 Å². The summed E-state index contributed by atoms with van der Waals surface area (Å²) in [5, 5.41) is 9.13. The largest absolute Gasteiger partial charge is 0.482 e. The van der Waals surface area contributed by atoms with Crippen LogP contribution in [0, 0.1) is 11.7 Å². The second kappa shape index (κ2) is 7.15. The summed E-state index contributed by atoms with van der Waals surface area (Å²) >= 11 is 0. The van der Waals surface area contributed by atoms with E-state index in [1.165, 1.54) is 31.3 Å². The van der Waals surface area contributed by atoms with Crippen LogP contribution < -0.4 is 10.5 Å². The fraction of sp³-hybridized carbons (Fsp3) is 0.304. The molecule has 1 aliphatic heterocycles. The van der Waals surface area contributed by atoms with Crippen molar-refractivity contribution in [3.05, 3.63) is 59.9 Å². The molecule has 4 aromatic rings. The Hall–Kier alpha value is -3.75. The third-order valence-electron chi connectivity index (χ3n) is 6.13. The van der Waals surface area contributed by atoms with Crippen LogP contribution in [0.4, 0.5) is 10.2 Å². The minimum atomic E-state index is -0.486. The van der Waals surface area contributed by atoms with Crippen molar-refractivity contribution in [2.24, 2.45) is 5.92 Å². The first-order valence-corrected chi connectivity index (χ1v) is 10.7. The number of halogens is 1. The molecule has 1 fully saturated rings. The number of aromatic nitrogens is 6. The van der Waals surface area contributed by atoms with Gasteiger partial charge in [0.1, 0.15) is 18.2 Å². The lowest BCUT2D eigenvalue weighted by molar-refractivity contribution is 0.227. The molecule has 1 saturated carbocycles. The first-order chi connectivity index (χ1) is 15.6. The summed E-state index contributed by atoms with van der Waals surface area (Å²) in [6.07, 6.45) is 7.10. The molecule has 2 bridgehead atoms. The summed E-state index contributed by atoms with van der Waals surface area (Å²) in [6.45, 7) is 3.19. The van der Waals surface area contributed by atoms with Crippen molar-refractivity contribution < 1.29 is 9.13 Å². The molecule has 2 aliphatic rings. The van der Waals surface area contributed by atoms with E-state index in [1.807, 2.05) is 28.6 Å². The van der Waals surface area contributed by atoms with Crippen LogP contribution in [0.25, 0.3) is 22.6 Å². The van der Waals surface area contributed by atoms with Gasteiger partial charge in [-0.3, -0.25) is 4.68 Å². The molecular weight excluding hydrogens is 409 g/mol. The summed E-state index contributed by atoms with van der Waals surface area (Å²) in [6, 6.07) is 6.50. The maximum absolute atomic E-state index is 14.2. The first kappa shape index (κ1) is 19.0. The number of fused-ring (bicyclic) bond motifs is 7. The zero-order valence-electron chi connectivity index (χ0n) is 17.6. The lowest BCUT2D eigenvalue weighted by Gasteiger charge is -2.21. The van der Waals surface area contributed by atoms with E-state index in [0.717, 1.165) is 28.9 Å². The van der Waals surface area contributed by atoms with E-state index in [-0.39, 0.29) is 11.6 Å². The van der Waals surface area contributed by atoms with Crippen LogP contribution in [0.15, 0.2) is 43.0 Å². The Kier molecular flexibility index (Phi) is 4.24. The topological polar surface area (TPSA) is 96.7 Å². The van der Waals surface area contributed by atoms with Crippen molar-refractivity contribution in [2.45, 2.75) is 39.0 Å². The van der Waals surface area contributed by atoms with Crippen LogP contribution in [-0.2, 0) is 13.1 Å². The Morgan fingerprint density at radius 1 is 1.16 bits per heavy atom. The lowest BCUT2D eigenvalue weighted by atomic mass is 10.0. The van der Waals surface area contributed by atoms with E-state index in [0.29, 0.717) is 29.6 Å². The first-order valence-electron chi connectivity index (χ1n) is 10.7. The highest BCUT2D eigenvalue weighted by Crippen LogP contribution is 2.38. The van der Waals surface area contributed by atoms with Gasteiger partial charge in [0.15, 0.2) is 17.4 Å². The molecule has 162 valence electrons. The van der Waals surface area contributed by atoms with Crippen molar-refractivity contribution in [3.63, 3.8) is 0 Å². The molecule has 9 heteroatoms. The predicted octanol–water partition coefficient (Wildman–Crippen LogP) is 3.84. The number of nitrogens with zero attached hydrogens (tertiary/aromatic N) is 6. The number of benzene rings is 1. The summed E-state index contributed by atoms with van der Waals surface area (Å²) in [5.41, 5.74) is 10.4. The Morgan fingerprint density at radius 2 is 2.03 bits per heavy atom. The summed E-state index contributed by atoms with van der Waals surface area (Å²) in [5.74, 6) is 1.69. The van der Waals surface area contributed by atoms with Gasteiger partial charge in [-0.25, -0.2) is 19.0 Å². The highest BCUT2D eigenvalue weighted by atomic mass is 19.1. The summed E-state index contributed by atoms with van der Waals surface area (Å²) in [4.78, 5) is 8.87. The van der Waals surface area contributed by atoms with Gasteiger partial charge in [0.2, 0.25) is 0 Å². The van der Waals surface area contributed by atoms with Gasteiger partial charge in [-0.2, -0.15) is 10.2 Å². The predicted molar refractivity (Wildman–Crippen MR) is 116 cm³/mol. The molecule has 0 radical (unpaired) electrons. The second-order valence-corrected chi connectivity index (χ2v) is 8.48. The van der Waals surface area contributed by atoms with Crippen LogP contribution >= 0.6 is 0 Å². The van der Waals surface area contributed by atoms with E-state index in [9.17, 15) is 4.39 Å². The van der Waals surface area contributed by atoms with E-state index in [1.54, 1.807) is 12.3 Å². The molecule has 3 aromatic heterocycles. The van der Waals surface area contributed by atoms with Gasteiger partial charge in [-0.15, -0.1) is 0 Å². The maximum Gasteiger partial charge on any atom is 0.166 e. The number of rotatable bonds is 2. The summed E-state index contributed by atoms with van der Waals surface area (Å²) in [7, 11) is 0. The number of anilines is 1. The van der Waals surface area contributed by atoms with E-state index in [2.05, 4.69) is 20.2 Å². The Labute approximate surface area is 183 Å². The molecule has 4 heterocycles. The molecular formula is C23H22FN7O. The molecule has 1 atom stereocenters. The van der Waals surface area contributed by atoms with Gasteiger partial charge in [0, 0.05) is 35.0 Å². The zero-order valence-corrected chi connectivity index (χ0v) is 17.6. The quantitative estimate of drug-likeness (QED) is 0.518.